The van der Waals surface area contributed by atoms with Crippen LogP contribution >= 0.6 is 0 Å². The molecule has 0 atom stereocenters. The van der Waals surface area contributed by atoms with Crippen molar-refractivity contribution in [1.82, 2.24) is 0 Å². The van der Waals surface area contributed by atoms with E-state index in [9.17, 15) is 0 Å². The van der Waals surface area contributed by atoms with E-state index in [0.717, 1.165) is 25.7 Å². The Morgan fingerprint density at radius 1 is 0.308 bits per heavy atom. The van der Waals surface area contributed by atoms with E-state index in [0.29, 0.717) is 0 Å². The van der Waals surface area contributed by atoms with Crippen LogP contribution in [-0.2, 0) is 0 Å². The molecule has 26 heavy (non-hydrogen) atoms. The van der Waals surface area contributed by atoms with Crippen LogP contribution in [-0.4, -0.2) is 117 Å². The third kappa shape index (κ3) is 14.7. The van der Waals surface area contributed by atoms with Crippen molar-refractivity contribution in [3.8, 4) is 0 Å². The van der Waals surface area contributed by atoms with Crippen LogP contribution in [0.15, 0.2) is 0 Å². The quantitative estimate of drug-likeness (QED) is 0.140. The van der Waals surface area contributed by atoms with Crippen LogP contribution in [0, 0.1) is 10.8 Å². The standard InChI is InChI=1S/C6H14O2.2C5H12O4/c7-5-3-1-2-4-6-8;2*6-1-5(2-7,3-8)4-9/h7-8H,1-6H2;2*6-9H,1-4H2. The molecule has 0 aliphatic heterocycles. The van der Waals surface area contributed by atoms with Gasteiger partial charge in [-0.05, 0) is 12.8 Å². The fraction of sp³-hybridized carbons (Fsp3) is 1.00. The third-order valence-electron chi connectivity index (χ3n) is 3.75. The minimum Gasteiger partial charge on any atom is -0.396 e. The Bertz CT molecular complexity index is 196. The summed E-state index contributed by atoms with van der Waals surface area (Å²) in [7, 11) is 0. The van der Waals surface area contributed by atoms with Crippen LogP contribution < -0.4 is 0 Å². The number of aliphatic hydroxyl groups is 10. The van der Waals surface area contributed by atoms with E-state index < -0.39 is 63.7 Å². The molecule has 162 valence electrons. The largest absolute Gasteiger partial charge is 0.396 e. The molecule has 10 heteroatoms. The van der Waals surface area contributed by atoms with Crippen LogP contribution in [0.25, 0.3) is 0 Å². The monoisotopic (exact) mass is 390 g/mol. The Morgan fingerprint density at radius 2 is 0.500 bits per heavy atom. The zero-order chi connectivity index (χ0) is 20.9. The summed E-state index contributed by atoms with van der Waals surface area (Å²) in [6.07, 6.45) is 3.83. The van der Waals surface area contributed by atoms with Gasteiger partial charge in [-0.1, -0.05) is 12.8 Å². The fourth-order valence-corrected chi connectivity index (χ4v) is 1.18. The van der Waals surface area contributed by atoms with Gasteiger partial charge in [0, 0.05) is 13.2 Å². The lowest BCUT2D eigenvalue weighted by Crippen LogP contribution is -2.37. The smallest absolute Gasteiger partial charge is 0.0627 e. The summed E-state index contributed by atoms with van der Waals surface area (Å²) in [6.45, 7) is -2.68. The highest BCUT2D eigenvalue weighted by atomic mass is 16.3. The van der Waals surface area contributed by atoms with Gasteiger partial charge in [0.15, 0.2) is 0 Å². The van der Waals surface area contributed by atoms with Gasteiger partial charge in [-0.3, -0.25) is 0 Å². The van der Waals surface area contributed by atoms with Gasteiger partial charge in [-0.25, -0.2) is 0 Å². The Hall–Kier alpha value is -0.400. The van der Waals surface area contributed by atoms with Gasteiger partial charge >= 0.3 is 0 Å². The predicted octanol–water partition coefficient (Wildman–Crippen LogP) is -3.58. The highest BCUT2D eigenvalue weighted by Gasteiger charge is 2.27. The Labute approximate surface area is 154 Å². The van der Waals surface area contributed by atoms with Crippen LogP contribution in [0.3, 0.4) is 0 Å². The van der Waals surface area contributed by atoms with E-state index in [2.05, 4.69) is 0 Å². The van der Waals surface area contributed by atoms with Crippen molar-refractivity contribution < 1.29 is 51.1 Å². The first-order chi connectivity index (χ1) is 12.4. The van der Waals surface area contributed by atoms with Crippen LogP contribution in [0.1, 0.15) is 25.7 Å². The molecule has 0 radical (unpaired) electrons. The molecule has 0 aromatic heterocycles. The molecule has 0 aromatic rings. The number of aliphatic hydroxyl groups excluding tert-OH is 10. The third-order valence-corrected chi connectivity index (χ3v) is 3.75. The first kappa shape index (κ1) is 30.3. The lowest BCUT2D eigenvalue weighted by atomic mass is 9.93. The second-order valence-electron chi connectivity index (χ2n) is 6.13. The zero-order valence-electron chi connectivity index (χ0n) is 15.4. The van der Waals surface area contributed by atoms with Crippen molar-refractivity contribution in [3.63, 3.8) is 0 Å². The van der Waals surface area contributed by atoms with Gasteiger partial charge in [-0.2, -0.15) is 0 Å². The van der Waals surface area contributed by atoms with Gasteiger partial charge in [0.25, 0.3) is 0 Å². The van der Waals surface area contributed by atoms with E-state index in [1.807, 2.05) is 0 Å². The van der Waals surface area contributed by atoms with Crippen molar-refractivity contribution >= 4 is 0 Å². The average Bonchev–Trinajstić information content (AvgIpc) is 2.71. The summed E-state index contributed by atoms with van der Waals surface area (Å²) in [6, 6.07) is 0. The summed E-state index contributed by atoms with van der Waals surface area (Å²) in [5.74, 6) is 0. The van der Waals surface area contributed by atoms with Crippen molar-refractivity contribution in [2.75, 3.05) is 66.1 Å². The highest BCUT2D eigenvalue weighted by molar-refractivity contribution is 4.75. The molecule has 0 saturated carbocycles. The first-order valence-electron chi connectivity index (χ1n) is 8.49. The second-order valence-corrected chi connectivity index (χ2v) is 6.13. The average molecular weight is 390 g/mol. The molecule has 0 saturated heterocycles. The van der Waals surface area contributed by atoms with E-state index in [4.69, 9.17) is 51.1 Å². The summed E-state index contributed by atoms with van der Waals surface area (Å²) in [5.41, 5.74) is -2.22. The van der Waals surface area contributed by atoms with Crippen LogP contribution in [0.2, 0.25) is 0 Å². The second kappa shape index (κ2) is 20.9. The fourth-order valence-electron chi connectivity index (χ4n) is 1.18. The minimum absolute atomic E-state index is 0.283. The van der Waals surface area contributed by atoms with Crippen molar-refractivity contribution in [2.24, 2.45) is 10.8 Å². The van der Waals surface area contributed by atoms with E-state index in [1.165, 1.54) is 0 Å². The zero-order valence-corrected chi connectivity index (χ0v) is 15.4. The van der Waals surface area contributed by atoms with Gasteiger partial charge in [0.05, 0.1) is 63.7 Å². The summed E-state index contributed by atoms with van der Waals surface area (Å²) in [5, 5.41) is 84.6. The molecule has 0 bridgehead atoms. The first-order valence-corrected chi connectivity index (χ1v) is 8.49. The van der Waals surface area contributed by atoms with E-state index in [1.54, 1.807) is 0 Å². The molecule has 0 heterocycles. The van der Waals surface area contributed by atoms with Crippen LogP contribution in [0.5, 0.6) is 0 Å². The number of unbranched alkanes of at least 4 members (excludes halogenated alkanes) is 3. The van der Waals surface area contributed by atoms with Crippen molar-refractivity contribution in [2.45, 2.75) is 25.7 Å². The topological polar surface area (TPSA) is 202 Å². The molecular weight excluding hydrogens is 352 g/mol. The molecule has 0 amide bonds. The van der Waals surface area contributed by atoms with Crippen molar-refractivity contribution in [3.05, 3.63) is 0 Å². The number of hydrogen-bond acceptors (Lipinski definition) is 10. The maximum Gasteiger partial charge on any atom is 0.0627 e. The molecule has 0 spiro atoms. The predicted molar refractivity (Wildman–Crippen MR) is 94.2 cm³/mol. The maximum absolute atomic E-state index is 8.50. The Kier molecular flexibility index (Phi) is 24.4. The van der Waals surface area contributed by atoms with Gasteiger partial charge in [0.1, 0.15) is 0 Å². The number of hydrogen-bond donors (Lipinski definition) is 10. The molecule has 10 nitrogen and oxygen atoms in total. The summed E-state index contributed by atoms with van der Waals surface area (Å²) < 4.78 is 0. The van der Waals surface area contributed by atoms with Gasteiger partial charge in [0.2, 0.25) is 0 Å². The lowest BCUT2D eigenvalue weighted by Gasteiger charge is -2.23. The molecule has 0 rings (SSSR count). The van der Waals surface area contributed by atoms with E-state index in [-0.39, 0.29) is 13.2 Å². The highest BCUT2D eigenvalue weighted by Crippen LogP contribution is 2.12. The molecule has 0 unspecified atom stereocenters. The molecule has 0 aromatic carbocycles. The maximum atomic E-state index is 8.50. The van der Waals surface area contributed by atoms with E-state index >= 15 is 0 Å². The Balaban J connectivity index is -0.000000306. The van der Waals surface area contributed by atoms with Crippen LogP contribution in [0.4, 0.5) is 0 Å². The SMILES string of the molecule is OCC(CO)(CO)CO.OCC(CO)(CO)CO.OCCCCCCO. The Morgan fingerprint density at radius 3 is 0.577 bits per heavy atom. The molecule has 0 aliphatic carbocycles. The van der Waals surface area contributed by atoms with Crippen molar-refractivity contribution in [1.29, 1.82) is 0 Å². The molecular formula is C16H38O10. The number of rotatable bonds is 13. The molecule has 0 aliphatic rings. The minimum atomic E-state index is -1.11. The van der Waals surface area contributed by atoms with Gasteiger partial charge in [-0.15, -0.1) is 0 Å². The molecule has 10 N–H and O–H groups in total. The summed E-state index contributed by atoms with van der Waals surface area (Å²) >= 11 is 0. The van der Waals surface area contributed by atoms with Gasteiger partial charge < -0.3 is 51.1 Å². The normalized spacial score (nSPS) is 11.3. The molecule has 0 fully saturated rings. The lowest BCUT2D eigenvalue weighted by molar-refractivity contribution is -0.0332. The summed E-state index contributed by atoms with van der Waals surface area (Å²) in [4.78, 5) is 0.